The Kier molecular flexibility index (Phi) is 9.57. The highest BCUT2D eigenvalue weighted by Crippen LogP contribution is 2.22. The number of sulfone groups is 1. The first kappa shape index (κ1) is 27.3. The van der Waals surface area contributed by atoms with Gasteiger partial charge in [0.1, 0.15) is 11.6 Å². The molecule has 2 aromatic carbocycles. The van der Waals surface area contributed by atoms with Gasteiger partial charge in [-0.3, -0.25) is 4.79 Å². The third-order valence-corrected chi connectivity index (χ3v) is 7.09. The largest absolute Gasteiger partial charge is 0.497 e. The van der Waals surface area contributed by atoms with Crippen LogP contribution in [0.5, 0.6) is 5.75 Å². The molecule has 3 aromatic rings. The van der Waals surface area contributed by atoms with Gasteiger partial charge in [0.2, 0.25) is 15.0 Å². The second kappa shape index (κ2) is 12.6. The molecular formula is C25H30FN3O6S. The number of halogens is 1. The highest BCUT2D eigenvalue weighted by atomic mass is 32.2. The molecule has 0 N–H and O–H groups in total. The Hall–Kier alpha value is -3.28. The maximum absolute atomic E-state index is 14.3. The molecule has 36 heavy (non-hydrogen) atoms. The lowest BCUT2D eigenvalue weighted by molar-refractivity contribution is 0.0669. The van der Waals surface area contributed by atoms with E-state index in [0.717, 1.165) is 0 Å². The molecule has 0 bridgehead atoms. The van der Waals surface area contributed by atoms with E-state index in [1.807, 2.05) is 0 Å². The van der Waals surface area contributed by atoms with E-state index in [2.05, 4.69) is 4.98 Å². The highest BCUT2D eigenvalue weighted by Gasteiger charge is 2.26. The first-order valence-corrected chi connectivity index (χ1v) is 12.9. The number of aromatic nitrogens is 2. The molecule has 0 aliphatic heterocycles. The number of methoxy groups -OCH3 is 3. The molecule has 0 radical (unpaired) electrons. The molecular weight excluding hydrogens is 489 g/mol. The van der Waals surface area contributed by atoms with Crippen LogP contribution in [0.25, 0.3) is 0 Å². The summed E-state index contributed by atoms with van der Waals surface area (Å²) in [5.74, 6) is -0.911. The molecule has 0 aliphatic rings. The van der Waals surface area contributed by atoms with E-state index in [0.29, 0.717) is 17.0 Å². The van der Waals surface area contributed by atoms with Crippen LogP contribution < -0.4 is 4.74 Å². The first-order chi connectivity index (χ1) is 17.3. The molecule has 0 saturated carbocycles. The van der Waals surface area contributed by atoms with Crippen molar-refractivity contribution >= 4 is 15.7 Å². The summed E-state index contributed by atoms with van der Waals surface area (Å²) in [6.45, 7) is 0.815. The molecule has 0 fully saturated rings. The van der Waals surface area contributed by atoms with Gasteiger partial charge in [-0.2, -0.15) is 0 Å². The summed E-state index contributed by atoms with van der Waals surface area (Å²) in [4.78, 5) is 18.8. The molecule has 0 saturated heterocycles. The van der Waals surface area contributed by atoms with Gasteiger partial charge in [-0.1, -0.05) is 24.3 Å². The van der Waals surface area contributed by atoms with Crippen LogP contribution in [0.15, 0.2) is 59.9 Å². The lowest BCUT2D eigenvalue weighted by atomic mass is 10.2. The number of amides is 1. The van der Waals surface area contributed by atoms with E-state index in [1.165, 1.54) is 55.2 Å². The Bertz CT molecular complexity index is 1280. The predicted octanol–water partition coefficient (Wildman–Crippen LogP) is 2.94. The zero-order valence-corrected chi connectivity index (χ0v) is 21.3. The molecule has 0 atom stereocenters. The van der Waals surface area contributed by atoms with E-state index >= 15 is 0 Å². The SMILES string of the molecule is COCCN(Cc1cnc(S(=O)(=O)Cc2cccc(OC)c2)n1CCOC)C(=O)c1ccccc1F. The molecule has 1 heterocycles. The average molecular weight is 520 g/mol. The molecule has 3 rings (SSSR count). The highest BCUT2D eigenvalue weighted by molar-refractivity contribution is 7.90. The third kappa shape index (κ3) is 6.68. The van der Waals surface area contributed by atoms with Crippen LogP contribution >= 0.6 is 0 Å². The zero-order chi connectivity index (χ0) is 26.1. The summed E-state index contributed by atoms with van der Waals surface area (Å²) in [7, 11) is 0.657. The van der Waals surface area contributed by atoms with Crippen LogP contribution in [0.3, 0.4) is 0 Å². The third-order valence-electron chi connectivity index (χ3n) is 5.50. The fraction of sp³-hybridized carbons (Fsp3) is 0.360. The maximum atomic E-state index is 14.3. The first-order valence-electron chi connectivity index (χ1n) is 11.2. The van der Waals surface area contributed by atoms with Gasteiger partial charge >= 0.3 is 0 Å². The van der Waals surface area contributed by atoms with Gasteiger partial charge in [-0.15, -0.1) is 0 Å². The lowest BCUT2D eigenvalue weighted by Gasteiger charge is -2.23. The van der Waals surface area contributed by atoms with Crippen molar-refractivity contribution in [3.63, 3.8) is 0 Å². The number of hydrogen-bond donors (Lipinski definition) is 0. The van der Waals surface area contributed by atoms with Crippen molar-refractivity contribution in [2.45, 2.75) is 24.0 Å². The molecule has 0 aliphatic carbocycles. The second-order valence-corrected chi connectivity index (χ2v) is 9.87. The van der Waals surface area contributed by atoms with Crippen LogP contribution in [0.1, 0.15) is 21.6 Å². The summed E-state index contributed by atoms with van der Waals surface area (Å²) >= 11 is 0. The fourth-order valence-corrected chi connectivity index (χ4v) is 5.19. The standard InChI is InChI=1S/C25H30FN3O6S/c1-33-13-11-28(24(30)22-9-4-5-10-23(22)26)17-20-16-27-25(29(20)12-14-34-2)36(31,32)18-19-7-6-8-21(15-19)35-3/h4-10,15-16H,11-14,17-18H2,1-3H3. The number of carbonyl (C=O) groups excluding carboxylic acids is 1. The summed E-state index contributed by atoms with van der Waals surface area (Å²) < 4.78 is 58.0. The van der Waals surface area contributed by atoms with Crippen molar-refractivity contribution in [2.75, 3.05) is 41.1 Å². The summed E-state index contributed by atoms with van der Waals surface area (Å²) in [5.41, 5.74) is 0.938. The second-order valence-electron chi connectivity index (χ2n) is 7.99. The Morgan fingerprint density at radius 3 is 2.50 bits per heavy atom. The van der Waals surface area contributed by atoms with E-state index in [1.54, 1.807) is 30.3 Å². The van der Waals surface area contributed by atoms with Crippen LogP contribution in [0.2, 0.25) is 0 Å². The predicted molar refractivity (Wildman–Crippen MR) is 131 cm³/mol. The van der Waals surface area contributed by atoms with Crippen molar-refractivity contribution < 1.29 is 31.8 Å². The zero-order valence-electron chi connectivity index (χ0n) is 20.5. The minimum absolute atomic E-state index is 0.00191. The molecule has 11 heteroatoms. The van der Waals surface area contributed by atoms with Gasteiger partial charge in [-0.05, 0) is 29.8 Å². The Morgan fingerprint density at radius 2 is 1.81 bits per heavy atom. The Balaban J connectivity index is 1.95. The lowest BCUT2D eigenvalue weighted by Crippen LogP contribution is -2.35. The molecule has 194 valence electrons. The minimum Gasteiger partial charge on any atom is -0.497 e. The minimum atomic E-state index is -3.86. The molecule has 9 nitrogen and oxygen atoms in total. The Labute approximate surface area is 210 Å². The van der Waals surface area contributed by atoms with Gasteiger partial charge in [0.25, 0.3) is 5.91 Å². The summed E-state index contributed by atoms with van der Waals surface area (Å²) in [6, 6.07) is 12.5. The van der Waals surface area contributed by atoms with E-state index in [9.17, 15) is 17.6 Å². The Morgan fingerprint density at radius 1 is 1.06 bits per heavy atom. The summed E-state index contributed by atoms with van der Waals surface area (Å²) in [5, 5.41) is -0.137. The number of nitrogens with zero attached hydrogens (tertiary/aromatic N) is 3. The number of imidazole rings is 1. The number of hydrogen-bond acceptors (Lipinski definition) is 7. The van der Waals surface area contributed by atoms with Crippen LogP contribution in [0, 0.1) is 5.82 Å². The molecule has 0 spiro atoms. The van der Waals surface area contributed by atoms with E-state index < -0.39 is 21.6 Å². The monoisotopic (exact) mass is 519 g/mol. The average Bonchev–Trinajstić information content (AvgIpc) is 3.28. The van der Waals surface area contributed by atoms with Crippen molar-refractivity contribution in [1.82, 2.24) is 14.5 Å². The van der Waals surface area contributed by atoms with Crippen LogP contribution in [-0.2, 0) is 38.2 Å². The number of carbonyl (C=O) groups is 1. The van der Waals surface area contributed by atoms with Gasteiger partial charge < -0.3 is 23.7 Å². The molecule has 1 aromatic heterocycles. The van der Waals surface area contributed by atoms with Gasteiger partial charge in [0.05, 0.1) is 50.1 Å². The number of rotatable bonds is 13. The molecule has 1 amide bonds. The van der Waals surface area contributed by atoms with Crippen molar-refractivity contribution in [3.8, 4) is 5.75 Å². The fourth-order valence-electron chi connectivity index (χ4n) is 3.69. The number of benzene rings is 2. The van der Waals surface area contributed by atoms with Crippen LogP contribution in [0.4, 0.5) is 4.39 Å². The van der Waals surface area contributed by atoms with Crippen molar-refractivity contribution in [1.29, 1.82) is 0 Å². The number of ether oxygens (including phenoxy) is 3. The van der Waals surface area contributed by atoms with Crippen LogP contribution in [-0.4, -0.2) is 69.9 Å². The van der Waals surface area contributed by atoms with Crippen molar-refractivity contribution in [3.05, 3.63) is 77.4 Å². The van der Waals surface area contributed by atoms with E-state index in [4.69, 9.17) is 14.2 Å². The van der Waals surface area contributed by atoms with Crippen molar-refractivity contribution in [2.24, 2.45) is 0 Å². The van der Waals surface area contributed by atoms with Gasteiger partial charge in [0.15, 0.2) is 0 Å². The summed E-state index contributed by atoms with van der Waals surface area (Å²) in [6.07, 6.45) is 1.42. The topological polar surface area (TPSA) is 100.0 Å². The molecule has 0 unspecified atom stereocenters. The normalized spacial score (nSPS) is 11.4. The maximum Gasteiger partial charge on any atom is 0.257 e. The van der Waals surface area contributed by atoms with Gasteiger partial charge in [0, 0.05) is 27.3 Å². The smallest absolute Gasteiger partial charge is 0.257 e. The quantitative estimate of drug-likeness (QED) is 0.342. The van der Waals surface area contributed by atoms with Gasteiger partial charge in [-0.25, -0.2) is 17.8 Å². The van der Waals surface area contributed by atoms with E-state index in [-0.39, 0.29) is 49.3 Å².